The van der Waals surface area contributed by atoms with Crippen LogP contribution in [0.25, 0.3) is 22.2 Å². The second kappa shape index (κ2) is 6.65. The van der Waals surface area contributed by atoms with E-state index >= 15 is 0 Å². The van der Waals surface area contributed by atoms with Crippen LogP contribution in [0.3, 0.4) is 0 Å². The number of non-ortho nitro benzene ring substituents is 1. The molecule has 0 aliphatic heterocycles. The summed E-state index contributed by atoms with van der Waals surface area (Å²) in [6, 6.07) is 13.1. The molecule has 8 heteroatoms. The molecule has 0 N–H and O–H groups in total. The van der Waals surface area contributed by atoms with Gasteiger partial charge in [0.1, 0.15) is 11.3 Å². The van der Waals surface area contributed by atoms with Crippen molar-refractivity contribution in [3.8, 4) is 17.0 Å². The van der Waals surface area contributed by atoms with Gasteiger partial charge in [-0.05, 0) is 36.4 Å². The van der Waals surface area contributed by atoms with E-state index in [2.05, 4.69) is 4.98 Å². The molecule has 0 spiro atoms. The summed E-state index contributed by atoms with van der Waals surface area (Å²) in [6.45, 7) is 0. The number of ether oxygens (including phenoxy) is 1. The molecule has 0 saturated carbocycles. The lowest BCUT2D eigenvalue weighted by molar-refractivity contribution is -0.384. The normalized spacial score (nSPS) is 10.9. The molecule has 27 heavy (non-hydrogen) atoms. The molecule has 7 nitrogen and oxygen atoms in total. The highest BCUT2D eigenvalue weighted by atomic mass is 32.1. The van der Waals surface area contributed by atoms with Crippen LogP contribution in [0.4, 0.5) is 5.69 Å². The summed E-state index contributed by atoms with van der Waals surface area (Å²) in [6.07, 6.45) is 0. The number of ketones is 1. The van der Waals surface area contributed by atoms with Crippen molar-refractivity contribution in [1.29, 1.82) is 0 Å². The first-order valence-corrected chi connectivity index (χ1v) is 8.76. The van der Waals surface area contributed by atoms with Crippen LogP contribution >= 0.6 is 11.3 Å². The number of hydrogen-bond donors (Lipinski definition) is 0. The van der Waals surface area contributed by atoms with Gasteiger partial charge < -0.3 is 9.15 Å². The number of carbonyl (C=O) groups excluding carboxylic acids is 1. The number of furan rings is 1. The molecule has 0 aliphatic rings. The quantitative estimate of drug-likeness (QED) is 0.283. The average Bonchev–Trinajstić information content (AvgIpc) is 3.34. The van der Waals surface area contributed by atoms with Gasteiger partial charge in [-0.3, -0.25) is 14.9 Å². The first-order valence-electron chi connectivity index (χ1n) is 7.88. The van der Waals surface area contributed by atoms with E-state index in [1.54, 1.807) is 12.5 Å². The Morgan fingerprint density at radius 2 is 1.96 bits per heavy atom. The van der Waals surface area contributed by atoms with Gasteiger partial charge in [0.15, 0.2) is 10.8 Å². The molecule has 134 valence electrons. The summed E-state index contributed by atoms with van der Waals surface area (Å²) in [7, 11) is 1.59. The third-order valence-corrected chi connectivity index (χ3v) is 4.86. The number of nitrogens with zero attached hydrogens (tertiary/aromatic N) is 2. The standard InChI is InChI=1S/C19H12N2O5S/c1-25-14-5-2-11(3-6-14)15-10-27-19(20-15)18(22)17-9-12-8-13(21(23)24)4-7-16(12)26-17/h2-10H,1H3. The second-order valence-corrected chi connectivity index (χ2v) is 6.54. The van der Waals surface area contributed by atoms with Crippen molar-refractivity contribution in [1.82, 2.24) is 4.98 Å². The van der Waals surface area contributed by atoms with Gasteiger partial charge in [0.25, 0.3) is 11.5 Å². The van der Waals surface area contributed by atoms with Crippen LogP contribution in [0.2, 0.25) is 0 Å². The summed E-state index contributed by atoms with van der Waals surface area (Å²) >= 11 is 1.22. The number of hydrogen-bond acceptors (Lipinski definition) is 7. The van der Waals surface area contributed by atoms with Crippen molar-refractivity contribution in [2.24, 2.45) is 0 Å². The molecule has 4 aromatic rings. The van der Waals surface area contributed by atoms with Crippen molar-refractivity contribution >= 4 is 33.8 Å². The number of aromatic nitrogens is 1. The average molecular weight is 380 g/mol. The molecular weight excluding hydrogens is 368 g/mol. The third-order valence-electron chi connectivity index (χ3n) is 4.02. The number of thiazole rings is 1. The first-order chi connectivity index (χ1) is 13.0. The molecule has 2 aromatic carbocycles. The molecule has 2 aromatic heterocycles. The van der Waals surface area contributed by atoms with Gasteiger partial charge in [0.2, 0.25) is 0 Å². The SMILES string of the molecule is COc1ccc(-c2csc(C(=O)c3cc4cc([N+](=O)[O-])ccc4o3)n2)cc1. The van der Waals surface area contributed by atoms with Gasteiger partial charge >= 0.3 is 0 Å². The van der Waals surface area contributed by atoms with E-state index in [1.807, 2.05) is 24.3 Å². The van der Waals surface area contributed by atoms with Crippen LogP contribution in [0.15, 0.2) is 58.3 Å². The summed E-state index contributed by atoms with van der Waals surface area (Å²) in [5.74, 6) is 0.474. The number of nitro benzene ring substituents is 1. The van der Waals surface area contributed by atoms with Crippen LogP contribution in [0.5, 0.6) is 5.75 Å². The third kappa shape index (κ3) is 3.18. The lowest BCUT2D eigenvalue weighted by atomic mass is 10.2. The van der Waals surface area contributed by atoms with Gasteiger partial charge in [-0.2, -0.15) is 0 Å². The number of benzene rings is 2. The van der Waals surface area contributed by atoms with Crippen LogP contribution in [-0.4, -0.2) is 22.8 Å². The number of rotatable bonds is 5. The smallest absolute Gasteiger partial charge is 0.270 e. The van der Waals surface area contributed by atoms with Crippen molar-refractivity contribution in [3.63, 3.8) is 0 Å². The number of fused-ring (bicyclic) bond motifs is 1. The van der Waals surface area contributed by atoms with E-state index in [0.717, 1.165) is 11.3 Å². The molecule has 0 saturated heterocycles. The molecule has 0 fully saturated rings. The summed E-state index contributed by atoms with van der Waals surface area (Å²) in [5, 5.41) is 13.5. The lowest BCUT2D eigenvalue weighted by Crippen LogP contribution is -1.98. The highest BCUT2D eigenvalue weighted by Gasteiger charge is 2.20. The van der Waals surface area contributed by atoms with E-state index < -0.39 is 4.92 Å². The van der Waals surface area contributed by atoms with Crippen molar-refractivity contribution in [3.05, 3.63) is 74.8 Å². The second-order valence-electron chi connectivity index (χ2n) is 5.69. The molecule has 0 atom stereocenters. The molecule has 0 radical (unpaired) electrons. The largest absolute Gasteiger partial charge is 0.497 e. The monoisotopic (exact) mass is 380 g/mol. The fourth-order valence-corrected chi connectivity index (χ4v) is 3.40. The van der Waals surface area contributed by atoms with Crippen LogP contribution in [0, 0.1) is 10.1 Å². The van der Waals surface area contributed by atoms with Crippen molar-refractivity contribution in [2.45, 2.75) is 0 Å². The Morgan fingerprint density at radius 1 is 1.19 bits per heavy atom. The number of methoxy groups -OCH3 is 1. The maximum atomic E-state index is 12.7. The molecule has 0 unspecified atom stereocenters. The predicted octanol–water partition coefficient (Wildman–Crippen LogP) is 4.70. The van der Waals surface area contributed by atoms with Gasteiger partial charge in [-0.15, -0.1) is 11.3 Å². The summed E-state index contributed by atoms with van der Waals surface area (Å²) in [4.78, 5) is 27.5. The number of carbonyl (C=O) groups is 1. The zero-order valence-corrected chi connectivity index (χ0v) is 14.9. The van der Waals surface area contributed by atoms with E-state index in [9.17, 15) is 14.9 Å². The van der Waals surface area contributed by atoms with Gasteiger partial charge in [0.05, 0.1) is 17.7 Å². The van der Waals surface area contributed by atoms with E-state index in [-0.39, 0.29) is 22.2 Å². The Hall–Kier alpha value is -3.52. The minimum Gasteiger partial charge on any atom is -0.497 e. The first kappa shape index (κ1) is 16.9. The van der Waals surface area contributed by atoms with Crippen molar-refractivity contribution in [2.75, 3.05) is 7.11 Å². The van der Waals surface area contributed by atoms with Gasteiger partial charge in [-0.1, -0.05) is 0 Å². The van der Waals surface area contributed by atoms with Gasteiger partial charge in [0, 0.05) is 28.5 Å². The van der Waals surface area contributed by atoms with E-state index in [1.165, 1.54) is 35.6 Å². The zero-order valence-electron chi connectivity index (χ0n) is 14.0. The van der Waals surface area contributed by atoms with E-state index in [4.69, 9.17) is 9.15 Å². The maximum Gasteiger partial charge on any atom is 0.270 e. The predicted molar refractivity (Wildman–Crippen MR) is 100 cm³/mol. The molecule has 0 aliphatic carbocycles. The Bertz CT molecular complexity index is 1160. The van der Waals surface area contributed by atoms with Crippen LogP contribution in [-0.2, 0) is 0 Å². The molecular formula is C19H12N2O5S. The zero-order chi connectivity index (χ0) is 19.0. The fourth-order valence-electron chi connectivity index (χ4n) is 2.63. The van der Waals surface area contributed by atoms with E-state index in [0.29, 0.717) is 16.7 Å². The number of nitro groups is 1. The molecule has 2 heterocycles. The lowest BCUT2D eigenvalue weighted by Gasteiger charge is -2.00. The van der Waals surface area contributed by atoms with Crippen LogP contribution < -0.4 is 4.74 Å². The highest BCUT2D eigenvalue weighted by Crippen LogP contribution is 2.28. The molecule has 0 bridgehead atoms. The topological polar surface area (TPSA) is 95.5 Å². The Labute approximate surface area is 157 Å². The van der Waals surface area contributed by atoms with Crippen LogP contribution in [0.1, 0.15) is 15.6 Å². The van der Waals surface area contributed by atoms with Crippen molar-refractivity contribution < 1.29 is 18.9 Å². The fraction of sp³-hybridized carbons (Fsp3) is 0.0526. The molecule has 0 amide bonds. The summed E-state index contributed by atoms with van der Waals surface area (Å²) < 4.78 is 10.7. The highest BCUT2D eigenvalue weighted by molar-refractivity contribution is 7.12. The minimum absolute atomic E-state index is 0.0571. The van der Waals surface area contributed by atoms with Gasteiger partial charge in [-0.25, -0.2) is 4.98 Å². The Morgan fingerprint density at radius 3 is 2.67 bits per heavy atom. The molecule has 4 rings (SSSR count). The summed E-state index contributed by atoms with van der Waals surface area (Å²) in [5.41, 5.74) is 1.90. The maximum absolute atomic E-state index is 12.7. The Kier molecular flexibility index (Phi) is 4.17. The Balaban J connectivity index is 1.63. The minimum atomic E-state index is -0.490.